The van der Waals surface area contributed by atoms with Gasteiger partial charge in [-0.25, -0.2) is 0 Å². The van der Waals surface area contributed by atoms with Gasteiger partial charge in [-0.2, -0.15) is 0 Å². The minimum Gasteiger partial charge on any atom is -0.484 e. The van der Waals surface area contributed by atoms with Crippen LogP contribution < -0.4 is 10.1 Å². The van der Waals surface area contributed by atoms with Crippen LogP contribution in [0, 0.1) is 6.92 Å². The fourth-order valence-corrected chi connectivity index (χ4v) is 2.40. The lowest BCUT2D eigenvalue weighted by Crippen LogP contribution is -2.34. The van der Waals surface area contributed by atoms with E-state index in [0.29, 0.717) is 24.0 Å². The van der Waals surface area contributed by atoms with Gasteiger partial charge in [0.1, 0.15) is 11.8 Å². The van der Waals surface area contributed by atoms with Crippen LogP contribution in [0.2, 0.25) is 0 Å². The maximum absolute atomic E-state index is 12.3. The van der Waals surface area contributed by atoms with Crippen molar-refractivity contribution in [1.29, 1.82) is 0 Å². The molecule has 0 saturated heterocycles. The van der Waals surface area contributed by atoms with Crippen LogP contribution in [-0.4, -0.2) is 22.7 Å². The topological polar surface area (TPSA) is 77.2 Å². The predicted octanol–water partition coefficient (Wildman–Crippen LogP) is 2.86. The molecule has 6 nitrogen and oxygen atoms in total. The molecule has 3 aromatic rings. The van der Waals surface area contributed by atoms with Gasteiger partial charge in [-0.15, -0.1) is 10.2 Å². The highest BCUT2D eigenvalue weighted by Crippen LogP contribution is 2.17. The van der Waals surface area contributed by atoms with E-state index in [1.807, 2.05) is 48.5 Å². The fraction of sp³-hybridized carbons (Fsp3) is 0.211. The van der Waals surface area contributed by atoms with Crippen molar-refractivity contribution in [1.82, 2.24) is 15.5 Å². The number of amides is 1. The first kappa shape index (κ1) is 16.7. The zero-order valence-corrected chi connectivity index (χ0v) is 13.9. The molecule has 6 heteroatoms. The molecule has 0 radical (unpaired) electrons. The molecule has 1 aromatic heterocycles. The van der Waals surface area contributed by atoms with Crippen LogP contribution in [0.3, 0.4) is 0 Å². The number of carbonyl (C=O) groups excluding carboxylic acids is 1. The SMILES string of the molecule is Cc1nnc(C(Cc2ccccc2)NC(=O)COc2ccccc2)o1. The Bertz CT molecular complexity index is 803. The van der Waals surface area contributed by atoms with E-state index < -0.39 is 6.04 Å². The molecular formula is C19H19N3O3. The number of rotatable bonds is 7. The van der Waals surface area contributed by atoms with Gasteiger partial charge in [0.25, 0.3) is 5.91 Å². The number of para-hydroxylation sites is 1. The lowest BCUT2D eigenvalue weighted by molar-refractivity contribution is -0.124. The van der Waals surface area contributed by atoms with Crippen molar-refractivity contribution in [3.05, 3.63) is 78.0 Å². The number of hydrogen-bond acceptors (Lipinski definition) is 5. The van der Waals surface area contributed by atoms with Gasteiger partial charge in [-0.1, -0.05) is 48.5 Å². The van der Waals surface area contributed by atoms with Crippen molar-refractivity contribution in [3.63, 3.8) is 0 Å². The van der Waals surface area contributed by atoms with E-state index >= 15 is 0 Å². The zero-order valence-electron chi connectivity index (χ0n) is 13.9. The number of hydrogen-bond donors (Lipinski definition) is 1. The first-order chi connectivity index (χ1) is 12.2. The molecular weight excluding hydrogens is 318 g/mol. The van der Waals surface area contributed by atoms with Crippen molar-refractivity contribution in [2.24, 2.45) is 0 Å². The predicted molar refractivity (Wildman–Crippen MR) is 92.0 cm³/mol. The Morgan fingerprint density at radius 1 is 1.08 bits per heavy atom. The average Bonchev–Trinajstić information content (AvgIpc) is 3.08. The highest BCUT2D eigenvalue weighted by molar-refractivity contribution is 5.77. The Labute approximate surface area is 145 Å². The van der Waals surface area contributed by atoms with Gasteiger partial charge in [-0.05, 0) is 17.7 Å². The molecule has 0 bridgehead atoms. The summed E-state index contributed by atoms with van der Waals surface area (Å²) in [7, 11) is 0. The molecule has 1 N–H and O–H groups in total. The first-order valence-corrected chi connectivity index (χ1v) is 8.02. The maximum Gasteiger partial charge on any atom is 0.258 e. The fourth-order valence-electron chi connectivity index (χ4n) is 2.40. The van der Waals surface area contributed by atoms with Crippen molar-refractivity contribution in [2.75, 3.05) is 6.61 Å². The summed E-state index contributed by atoms with van der Waals surface area (Å²) in [6.07, 6.45) is 0.555. The number of carbonyl (C=O) groups is 1. The van der Waals surface area contributed by atoms with E-state index in [1.165, 1.54) is 0 Å². The standard InChI is InChI=1S/C19H19N3O3/c1-14-21-22-19(25-14)17(12-15-8-4-2-5-9-15)20-18(23)13-24-16-10-6-3-7-11-16/h2-11,17H,12-13H2,1H3,(H,20,23). The largest absolute Gasteiger partial charge is 0.484 e. The normalized spacial score (nSPS) is 11.7. The van der Waals surface area contributed by atoms with Crippen LogP contribution >= 0.6 is 0 Å². The van der Waals surface area contributed by atoms with Gasteiger partial charge in [0.05, 0.1) is 0 Å². The zero-order chi connectivity index (χ0) is 17.5. The third-order valence-corrected chi connectivity index (χ3v) is 3.57. The van der Waals surface area contributed by atoms with Gasteiger partial charge >= 0.3 is 0 Å². The summed E-state index contributed by atoms with van der Waals surface area (Å²) in [6, 6.07) is 18.6. The molecule has 0 aliphatic heterocycles. The summed E-state index contributed by atoms with van der Waals surface area (Å²) in [5.74, 6) is 1.24. The summed E-state index contributed by atoms with van der Waals surface area (Å²) >= 11 is 0. The lowest BCUT2D eigenvalue weighted by Gasteiger charge is -2.15. The molecule has 128 valence electrons. The minimum atomic E-state index is -0.407. The molecule has 1 unspecified atom stereocenters. The van der Waals surface area contributed by atoms with E-state index in [4.69, 9.17) is 9.15 Å². The monoisotopic (exact) mass is 337 g/mol. The lowest BCUT2D eigenvalue weighted by atomic mass is 10.1. The summed E-state index contributed by atoms with van der Waals surface area (Å²) in [4.78, 5) is 12.3. The Balaban J connectivity index is 1.65. The summed E-state index contributed by atoms with van der Waals surface area (Å²) in [5.41, 5.74) is 1.06. The quantitative estimate of drug-likeness (QED) is 0.717. The van der Waals surface area contributed by atoms with E-state index in [9.17, 15) is 4.79 Å². The van der Waals surface area contributed by atoms with Crippen LogP contribution in [0.15, 0.2) is 65.1 Å². The molecule has 2 aromatic carbocycles. The third-order valence-electron chi connectivity index (χ3n) is 3.57. The number of ether oxygens (including phenoxy) is 1. The van der Waals surface area contributed by atoms with Gasteiger partial charge in [-0.3, -0.25) is 4.79 Å². The van der Waals surface area contributed by atoms with Gasteiger partial charge in [0.15, 0.2) is 6.61 Å². The van der Waals surface area contributed by atoms with Crippen molar-refractivity contribution >= 4 is 5.91 Å². The van der Waals surface area contributed by atoms with Crippen LogP contribution in [0.1, 0.15) is 23.4 Å². The van der Waals surface area contributed by atoms with Crippen LogP contribution in [0.5, 0.6) is 5.75 Å². The average molecular weight is 337 g/mol. The smallest absolute Gasteiger partial charge is 0.258 e. The maximum atomic E-state index is 12.3. The molecule has 1 atom stereocenters. The molecule has 3 rings (SSSR count). The van der Waals surface area contributed by atoms with E-state index in [2.05, 4.69) is 15.5 Å². The van der Waals surface area contributed by atoms with Crippen LogP contribution in [0.4, 0.5) is 0 Å². The molecule has 0 saturated carbocycles. The molecule has 0 spiro atoms. The van der Waals surface area contributed by atoms with E-state index in [-0.39, 0.29) is 12.5 Å². The molecule has 0 fully saturated rings. The van der Waals surface area contributed by atoms with Crippen LogP contribution in [-0.2, 0) is 11.2 Å². The highest BCUT2D eigenvalue weighted by atomic mass is 16.5. The van der Waals surface area contributed by atoms with Crippen LogP contribution in [0.25, 0.3) is 0 Å². The number of aromatic nitrogens is 2. The van der Waals surface area contributed by atoms with E-state index in [1.54, 1.807) is 19.1 Å². The Morgan fingerprint density at radius 3 is 2.40 bits per heavy atom. The third kappa shape index (κ3) is 4.91. The summed E-state index contributed by atoms with van der Waals surface area (Å²) in [6.45, 7) is 1.64. The first-order valence-electron chi connectivity index (χ1n) is 8.02. The summed E-state index contributed by atoms with van der Waals surface area (Å²) in [5, 5.41) is 10.8. The van der Waals surface area contributed by atoms with Gasteiger partial charge in [0, 0.05) is 13.3 Å². The number of aryl methyl sites for hydroxylation is 1. The van der Waals surface area contributed by atoms with Crippen molar-refractivity contribution < 1.29 is 13.9 Å². The van der Waals surface area contributed by atoms with Gasteiger partial charge < -0.3 is 14.5 Å². The van der Waals surface area contributed by atoms with Crippen molar-refractivity contribution in [2.45, 2.75) is 19.4 Å². The summed E-state index contributed by atoms with van der Waals surface area (Å²) < 4.78 is 11.0. The van der Waals surface area contributed by atoms with Gasteiger partial charge in [0.2, 0.25) is 11.8 Å². The molecule has 0 aliphatic rings. The van der Waals surface area contributed by atoms with Crippen molar-refractivity contribution in [3.8, 4) is 5.75 Å². The Hall–Kier alpha value is -3.15. The molecule has 1 heterocycles. The minimum absolute atomic E-state index is 0.0809. The second kappa shape index (κ2) is 8.10. The number of nitrogens with one attached hydrogen (secondary N) is 1. The number of benzene rings is 2. The Morgan fingerprint density at radius 2 is 1.76 bits per heavy atom. The second-order valence-corrected chi connectivity index (χ2v) is 5.57. The number of nitrogens with zero attached hydrogens (tertiary/aromatic N) is 2. The Kier molecular flexibility index (Phi) is 5.41. The highest BCUT2D eigenvalue weighted by Gasteiger charge is 2.21. The van der Waals surface area contributed by atoms with E-state index in [0.717, 1.165) is 5.56 Å². The molecule has 0 aliphatic carbocycles. The second-order valence-electron chi connectivity index (χ2n) is 5.57. The molecule has 25 heavy (non-hydrogen) atoms. The molecule has 1 amide bonds.